The van der Waals surface area contributed by atoms with Gasteiger partial charge in [0.15, 0.2) is 0 Å². The molecule has 0 radical (unpaired) electrons. The van der Waals surface area contributed by atoms with Gasteiger partial charge in [0, 0.05) is 25.0 Å². The molecule has 1 aromatic carbocycles. The highest BCUT2D eigenvalue weighted by atomic mass is 32.2. The van der Waals surface area contributed by atoms with E-state index in [-0.39, 0.29) is 10.9 Å². The van der Waals surface area contributed by atoms with Gasteiger partial charge in [-0.1, -0.05) is 12.1 Å². The Hall–Kier alpha value is -1.92. The number of pyridine rings is 1. The van der Waals surface area contributed by atoms with E-state index < -0.39 is 10.0 Å². The van der Waals surface area contributed by atoms with E-state index >= 15 is 0 Å². The minimum Gasteiger partial charge on any atom is -0.324 e. The smallest absolute Gasteiger partial charge is 0.264 e. The minimum atomic E-state index is -3.58. The zero-order valence-corrected chi connectivity index (χ0v) is 12.9. The molecule has 5 nitrogen and oxygen atoms in total. The summed E-state index contributed by atoms with van der Waals surface area (Å²) in [6, 6.07) is 9.92. The van der Waals surface area contributed by atoms with E-state index in [1.54, 1.807) is 55.7 Å². The van der Waals surface area contributed by atoms with Crippen LogP contribution in [0, 0.1) is 0 Å². The fourth-order valence-corrected chi connectivity index (χ4v) is 3.55. The van der Waals surface area contributed by atoms with Crippen molar-refractivity contribution in [3.63, 3.8) is 0 Å². The van der Waals surface area contributed by atoms with Crippen LogP contribution in [0.1, 0.15) is 25.5 Å². The lowest BCUT2D eigenvalue weighted by molar-refractivity contribution is 0.591. The topological polar surface area (TPSA) is 76.3 Å². The van der Waals surface area contributed by atoms with E-state index in [0.717, 1.165) is 5.56 Å². The van der Waals surface area contributed by atoms with Crippen molar-refractivity contribution in [3.05, 3.63) is 54.4 Å². The molecule has 0 aliphatic rings. The summed E-state index contributed by atoms with van der Waals surface area (Å²) < 4.78 is 26.8. The number of anilines is 1. The van der Waals surface area contributed by atoms with Crippen LogP contribution in [0.3, 0.4) is 0 Å². The van der Waals surface area contributed by atoms with E-state index in [0.29, 0.717) is 12.2 Å². The number of sulfonamides is 1. The molecule has 1 aromatic heterocycles. The molecule has 0 saturated carbocycles. The average Bonchev–Trinajstić information content (AvgIpc) is 2.49. The van der Waals surface area contributed by atoms with Gasteiger partial charge >= 0.3 is 0 Å². The standard InChI is InChI=1S/C15H19N3O2S/c1-3-18(14-8-10-17-11-9-14)21(19,20)15-6-4-13(5-7-15)12(2)16/h4-12H,3,16H2,1-2H3. The average molecular weight is 305 g/mol. The van der Waals surface area contributed by atoms with E-state index in [1.165, 1.54) is 4.31 Å². The highest BCUT2D eigenvalue weighted by Crippen LogP contribution is 2.23. The maximum absolute atomic E-state index is 12.7. The summed E-state index contributed by atoms with van der Waals surface area (Å²) in [7, 11) is -3.58. The molecule has 0 fully saturated rings. The van der Waals surface area contributed by atoms with Gasteiger partial charge in [0.1, 0.15) is 0 Å². The van der Waals surface area contributed by atoms with Gasteiger partial charge in [0.2, 0.25) is 0 Å². The molecule has 0 saturated heterocycles. The molecule has 2 N–H and O–H groups in total. The minimum absolute atomic E-state index is 0.121. The normalized spacial score (nSPS) is 12.9. The Morgan fingerprint density at radius 1 is 1.14 bits per heavy atom. The number of nitrogens with zero attached hydrogens (tertiary/aromatic N) is 2. The number of hydrogen-bond acceptors (Lipinski definition) is 4. The number of hydrogen-bond donors (Lipinski definition) is 1. The summed E-state index contributed by atoms with van der Waals surface area (Å²) in [5.41, 5.74) is 7.29. The van der Waals surface area contributed by atoms with Crippen LogP contribution >= 0.6 is 0 Å². The van der Waals surface area contributed by atoms with Crippen molar-refractivity contribution in [1.82, 2.24) is 4.98 Å². The van der Waals surface area contributed by atoms with E-state index in [9.17, 15) is 8.42 Å². The van der Waals surface area contributed by atoms with Crippen molar-refractivity contribution in [1.29, 1.82) is 0 Å². The lowest BCUT2D eigenvalue weighted by atomic mass is 10.1. The number of aromatic nitrogens is 1. The van der Waals surface area contributed by atoms with Crippen LogP contribution in [0.5, 0.6) is 0 Å². The monoisotopic (exact) mass is 305 g/mol. The first-order valence-corrected chi connectivity index (χ1v) is 8.19. The first-order valence-electron chi connectivity index (χ1n) is 6.75. The maximum Gasteiger partial charge on any atom is 0.264 e. The second-order valence-corrected chi connectivity index (χ2v) is 6.60. The molecule has 2 rings (SSSR count). The first-order chi connectivity index (χ1) is 9.96. The molecule has 1 heterocycles. The van der Waals surface area contributed by atoms with Gasteiger partial charge in [0.05, 0.1) is 10.6 Å². The quantitative estimate of drug-likeness (QED) is 0.919. The van der Waals surface area contributed by atoms with Gasteiger partial charge < -0.3 is 5.73 Å². The lowest BCUT2D eigenvalue weighted by Gasteiger charge is -2.22. The Labute approximate surface area is 125 Å². The predicted molar refractivity (Wildman–Crippen MR) is 83.5 cm³/mol. The van der Waals surface area contributed by atoms with Crippen LogP contribution in [0.2, 0.25) is 0 Å². The van der Waals surface area contributed by atoms with Gasteiger partial charge in [-0.25, -0.2) is 8.42 Å². The van der Waals surface area contributed by atoms with Crippen LogP contribution in [-0.4, -0.2) is 19.9 Å². The third kappa shape index (κ3) is 3.22. The van der Waals surface area contributed by atoms with E-state index in [4.69, 9.17) is 5.73 Å². The highest BCUT2D eigenvalue weighted by molar-refractivity contribution is 7.92. The number of rotatable bonds is 5. The summed E-state index contributed by atoms with van der Waals surface area (Å²) in [5, 5.41) is 0. The Kier molecular flexibility index (Phi) is 4.59. The molecule has 0 spiro atoms. The highest BCUT2D eigenvalue weighted by Gasteiger charge is 2.23. The Balaban J connectivity index is 2.40. The van der Waals surface area contributed by atoms with Gasteiger partial charge in [-0.15, -0.1) is 0 Å². The Bertz CT molecular complexity index is 683. The third-order valence-corrected chi connectivity index (χ3v) is 5.15. The molecule has 1 atom stereocenters. The molecule has 21 heavy (non-hydrogen) atoms. The summed E-state index contributed by atoms with van der Waals surface area (Å²) in [5.74, 6) is 0. The van der Waals surface area contributed by atoms with E-state index in [1.807, 2.05) is 6.92 Å². The predicted octanol–water partition coefficient (Wildman–Crippen LogP) is 2.32. The molecule has 0 bridgehead atoms. The maximum atomic E-state index is 12.7. The summed E-state index contributed by atoms with van der Waals surface area (Å²) in [4.78, 5) is 4.17. The van der Waals surface area contributed by atoms with Gasteiger partial charge in [-0.05, 0) is 43.7 Å². The molecule has 0 aliphatic heterocycles. The molecule has 2 aromatic rings. The van der Waals surface area contributed by atoms with Crippen molar-refractivity contribution in [3.8, 4) is 0 Å². The Morgan fingerprint density at radius 2 is 1.71 bits per heavy atom. The summed E-state index contributed by atoms with van der Waals surface area (Å²) in [6.07, 6.45) is 3.15. The third-order valence-electron chi connectivity index (χ3n) is 3.23. The second kappa shape index (κ2) is 6.24. The van der Waals surface area contributed by atoms with Crippen molar-refractivity contribution < 1.29 is 8.42 Å². The van der Waals surface area contributed by atoms with Crippen LogP contribution in [0.25, 0.3) is 0 Å². The van der Waals surface area contributed by atoms with Crippen LogP contribution in [-0.2, 0) is 10.0 Å². The fourth-order valence-electron chi connectivity index (χ4n) is 2.07. The summed E-state index contributed by atoms with van der Waals surface area (Å²) in [6.45, 7) is 4.01. The molecule has 0 amide bonds. The van der Waals surface area contributed by atoms with Crippen LogP contribution < -0.4 is 10.0 Å². The van der Waals surface area contributed by atoms with Crippen LogP contribution in [0.15, 0.2) is 53.7 Å². The first kappa shape index (κ1) is 15.5. The van der Waals surface area contributed by atoms with Gasteiger partial charge in [0.25, 0.3) is 10.0 Å². The van der Waals surface area contributed by atoms with Crippen molar-refractivity contribution in [2.24, 2.45) is 5.73 Å². The zero-order valence-electron chi connectivity index (χ0n) is 12.1. The lowest BCUT2D eigenvalue weighted by Crippen LogP contribution is -2.30. The van der Waals surface area contributed by atoms with Crippen LogP contribution in [0.4, 0.5) is 5.69 Å². The summed E-state index contributed by atoms with van der Waals surface area (Å²) >= 11 is 0. The molecule has 0 aliphatic carbocycles. The van der Waals surface area contributed by atoms with Crippen molar-refractivity contribution in [2.45, 2.75) is 24.8 Å². The molecular formula is C15H19N3O2S. The van der Waals surface area contributed by atoms with Gasteiger partial charge in [-0.3, -0.25) is 9.29 Å². The number of benzene rings is 1. The Morgan fingerprint density at radius 3 is 2.19 bits per heavy atom. The van der Waals surface area contributed by atoms with Crippen molar-refractivity contribution in [2.75, 3.05) is 10.8 Å². The SMILES string of the molecule is CCN(c1ccncc1)S(=O)(=O)c1ccc(C(C)N)cc1. The largest absolute Gasteiger partial charge is 0.324 e. The second-order valence-electron chi connectivity index (χ2n) is 4.73. The van der Waals surface area contributed by atoms with E-state index in [2.05, 4.69) is 4.98 Å². The van der Waals surface area contributed by atoms with Gasteiger partial charge in [-0.2, -0.15) is 0 Å². The van der Waals surface area contributed by atoms with Crippen molar-refractivity contribution >= 4 is 15.7 Å². The number of nitrogens with two attached hydrogens (primary N) is 1. The molecule has 6 heteroatoms. The zero-order chi connectivity index (χ0) is 15.5. The molecular weight excluding hydrogens is 286 g/mol. The molecule has 112 valence electrons. The fraction of sp³-hybridized carbons (Fsp3) is 0.267. The molecule has 1 unspecified atom stereocenters.